The lowest BCUT2D eigenvalue weighted by Crippen LogP contribution is -2.38. The molecule has 1 aromatic carbocycles. The molecule has 0 atom stereocenters. The predicted molar refractivity (Wildman–Crippen MR) is 115 cm³/mol. The molecule has 2 heterocycles. The number of aryl methyl sites for hydroxylation is 1. The van der Waals surface area contributed by atoms with Gasteiger partial charge in [-0.25, -0.2) is 0 Å². The van der Waals surface area contributed by atoms with E-state index in [1.165, 1.54) is 11.3 Å². The standard InChI is InChI=1S/C23H29ClN2O2/c1-2-3-12-25-13-11-20(22(24)23(25)28)16-4-9-21-17(15-16)10-14-26(21)18-5-7-19(27)8-6-18/h4,9,11,13,15,18-19,27H,2-3,5-8,10,12,14H2,1H3. The number of aliphatic hydroxyl groups is 1. The van der Waals surface area contributed by atoms with Gasteiger partial charge >= 0.3 is 0 Å². The summed E-state index contributed by atoms with van der Waals surface area (Å²) in [7, 11) is 0. The van der Waals surface area contributed by atoms with Crippen LogP contribution in [0.1, 0.15) is 51.0 Å². The Balaban J connectivity index is 1.59. The highest BCUT2D eigenvalue weighted by Gasteiger charge is 2.29. The maximum atomic E-state index is 12.6. The monoisotopic (exact) mass is 400 g/mol. The van der Waals surface area contributed by atoms with E-state index in [2.05, 4.69) is 30.0 Å². The first-order valence-electron chi connectivity index (χ1n) is 10.6. The number of fused-ring (bicyclic) bond motifs is 1. The Hall–Kier alpha value is -1.78. The van der Waals surface area contributed by atoms with E-state index in [0.29, 0.717) is 17.6 Å². The van der Waals surface area contributed by atoms with Gasteiger partial charge in [0.25, 0.3) is 5.56 Å². The zero-order valence-corrected chi connectivity index (χ0v) is 17.3. The van der Waals surface area contributed by atoms with Crippen LogP contribution in [0.3, 0.4) is 0 Å². The molecule has 2 aromatic rings. The summed E-state index contributed by atoms with van der Waals surface area (Å²) in [5.74, 6) is 0. The van der Waals surface area contributed by atoms with Gasteiger partial charge in [0.15, 0.2) is 0 Å². The van der Waals surface area contributed by atoms with Crippen LogP contribution < -0.4 is 10.5 Å². The molecule has 0 unspecified atom stereocenters. The van der Waals surface area contributed by atoms with Gasteiger partial charge in [0, 0.05) is 36.6 Å². The number of halogens is 1. The topological polar surface area (TPSA) is 45.5 Å². The summed E-state index contributed by atoms with van der Waals surface area (Å²) < 4.78 is 1.71. The Bertz CT molecular complexity index is 900. The zero-order chi connectivity index (χ0) is 19.7. The molecule has 1 fully saturated rings. The molecule has 0 amide bonds. The van der Waals surface area contributed by atoms with E-state index < -0.39 is 0 Å². The summed E-state index contributed by atoms with van der Waals surface area (Å²) in [5, 5.41) is 10.1. The van der Waals surface area contributed by atoms with Crippen molar-refractivity contribution in [1.82, 2.24) is 4.57 Å². The molecule has 1 aromatic heterocycles. The molecule has 1 N–H and O–H groups in total. The third-order valence-electron chi connectivity index (χ3n) is 6.29. The minimum absolute atomic E-state index is 0.101. The predicted octanol–water partition coefficient (Wildman–Crippen LogP) is 4.63. The zero-order valence-electron chi connectivity index (χ0n) is 16.5. The summed E-state index contributed by atoms with van der Waals surface area (Å²) in [6.07, 6.45) is 8.71. The Labute approximate surface area is 171 Å². The summed E-state index contributed by atoms with van der Waals surface area (Å²) in [4.78, 5) is 15.1. The molecule has 4 rings (SSSR count). The first-order chi connectivity index (χ1) is 13.6. The Morgan fingerprint density at radius 3 is 2.71 bits per heavy atom. The molecule has 1 aliphatic heterocycles. The number of rotatable bonds is 5. The van der Waals surface area contributed by atoms with Crippen LogP contribution in [-0.4, -0.2) is 28.4 Å². The Morgan fingerprint density at radius 2 is 1.96 bits per heavy atom. The first kappa shape index (κ1) is 19.5. The van der Waals surface area contributed by atoms with Crippen LogP contribution >= 0.6 is 11.6 Å². The van der Waals surface area contributed by atoms with Gasteiger partial charge < -0.3 is 14.6 Å². The van der Waals surface area contributed by atoms with Crippen LogP contribution in [0.25, 0.3) is 11.1 Å². The van der Waals surface area contributed by atoms with E-state index in [1.54, 1.807) is 4.57 Å². The summed E-state index contributed by atoms with van der Waals surface area (Å²) in [6, 6.07) is 8.97. The molecule has 5 heteroatoms. The van der Waals surface area contributed by atoms with Gasteiger partial charge in [0.1, 0.15) is 5.02 Å². The molecular formula is C23H29ClN2O2. The maximum Gasteiger partial charge on any atom is 0.269 e. The molecule has 28 heavy (non-hydrogen) atoms. The summed E-state index contributed by atoms with van der Waals surface area (Å²) in [5.41, 5.74) is 4.37. The quantitative estimate of drug-likeness (QED) is 0.795. The minimum atomic E-state index is -0.123. The fraction of sp³-hybridized carbons (Fsp3) is 0.522. The van der Waals surface area contributed by atoms with Gasteiger partial charge in [-0.3, -0.25) is 4.79 Å². The maximum absolute atomic E-state index is 12.6. The van der Waals surface area contributed by atoms with Crippen molar-refractivity contribution in [1.29, 1.82) is 0 Å². The molecule has 0 saturated heterocycles. The highest BCUT2D eigenvalue weighted by Crippen LogP contribution is 2.37. The van der Waals surface area contributed by atoms with Crippen molar-refractivity contribution in [2.24, 2.45) is 0 Å². The van der Waals surface area contributed by atoms with E-state index in [4.69, 9.17) is 11.6 Å². The number of anilines is 1. The van der Waals surface area contributed by atoms with Gasteiger partial charge in [-0.15, -0.1) is 0 Å². The van der Waals surface area contributed by atoms with E-state index in [9.17, 15) is 9.90 Å². The van der Waals surface area contributed by atoms with Crippen molar-refractivity contribution < 1.29 is 5.11 Å². The van der Waals surface area contributed by atoms with Crippen molar-refractivity contribution >= 4 is 17.3 Å². The van der Waals surface area contributed by atoms with Gasteiger partial charge in [0.2, 0.25) is 0 Å². The van der Waals surface area contributed by atoms with E-state index in [1.807, 2.05) is 12.3 Å². The van der Waals surface area contributed by atoms with E-state index in [0.717, 1.165) is 62.6 Å². The van der Waals surface area contributed by atoms with Crippen molar-refractivity contribution in [2.75, 3.05) is 11.4 Å². The third kappa shape index (κ3) is 3.72. The molecule has 2 aliphatic rings. The number of unbranched alkanes of at least 4 members (excludes halogenated alkanes) is 1. The summed E-state index contributed by atoms with van der Waals surface area (Å²) >= 11 is 6.46. The fourth-order valence-corrected chi connectivity index (χ4v) is 4.90. The van der Waals surface area contributed by atoms with Crippen LogP contribution in [0.2, 0.25) is 5.02 Å². The molecule has 0 radical (unpaired) electrons. The van der Waals surface area contributed by atoms with E-state index >= 15 is 0 Å². The molecule has 4 nitrogen and oxygen atoms in total. The second-order valence-electron chi connectivity index (χ2n) is 8.14. The van der Waals surface area contributed by atoms with Crippen molar-refractivity contribution in [3.63, 3.8) is 0 Å². The van der Waals surface area contributed by atoms with Crippen LogP contribution in [0.4, 0.5) is 5.69 Å². The second kappa shape index (κ2) is 8.30. The van der Waals surface area contributed by atoms with E-state index in [-0.39, 0.29) is 11.7 Å². The molecule has 1 saturated carbocycles. The van der Waals surface area contributed by atoms with Gasteiger partial charge in [-0.05, 0) is 67.9 Å². The highest BCUT2D eigenvalue weighted by atomic mass is 35.5. The fourth-order valence-electron chi connectivity index (χ4n) is 4.62. The van der Waals surface area contributed by atoms with Crippen LogP contribution in [0, 0.1) is 0 Å². The Morgan fingerprint density at radius 1 is 1.18 bits per heavy atom. The van der Waals surface area contributed by atoms with Gasteiger partial charge in [-0.1, -0.05) is 31.0 Å². The molecule has 150 valence electrons. The van der Waals surface area contributed by atoms with Gasteiger partial charge in [0.05, 0.1) is 6.10 Å². The smallest absolute Gasteiger partial charge is 0.269 e. The second-order valence-corrected chi connectivity index (χ2v) is 8.52. The van der Waals surface area contributed by atoms with Crippen molar-refractivity contribution in [2.45, 2.75) is 70.6 Å². The van der Waals surface area contributed by atoms with Crippen molar-refractivity contribution in [3.8, 4) is 11.1 Å². The number of aromatic nitrogens is 1. The number of aliphatic hydroxyl groups excluding tert-OH is 1. The molecular weight excluding hydrogens is 372 g/mol. The SMILES string of the molecule is CCCCn1ccc(-c2ccc3c(c2)CCN3C2CCC(O)CC2)c(Cl)c1=O. The average Bonchev–Trinajstić information content (AvgIpc) is 3.13. The lowest BCUT2D eigenvalue weighted by atomic mass is 9.92. The molecule has 0 spiro atoms. The number of nitrogens with zero attached hydrogens (tertiary/aromatic N) is 2. The first-order valence-corrected chi connectivity index (χ1v) is 10.9. The molecule has 0 bridgehead atoms. The van der Waals surface area contributed by atoms with Crippen LogP contribution in [-0.2, 0) is 13.0 Å². The van der Waals surface area contributed by atoms with Crippen LogP contribution in [0.15, 0.2) is 35.3 Å². The number of hydrogen-bond donors (Lipinski definition) is 1. The number of benzene rings is 1. The third-order valence-corrected chi connectivity index (χ3v) is 6.65. The largest absolute Gasteiger partial charge is 0.393 e. The Kier molecular flexibility index (Phi) is 5.79. The lowest BCUT2D eigenvalue weighted by Gasteiger charge is -2.35. The van der Waals surface area contributed by atoms with Gasteiger partial charge in [-0.2, -0.15) is 0 Å². The summed E-state index contributed by atoms with van der Waals surface area (Å²) in [6.45, 7) is 3.86. The van der Waals surface area contributed by atoms with Crippen LogP contribution in [0.5, 0.6) is 0 Å². The average molecular weight is 401 g/mol. The molecule has 1 aliphatic carbocycles. The number of pyridine rings is 1. The highest BCUT2D eigenvalue weighted by molar-refractivity contribution is 6.33. The van der Waals surface area contributed by atoms with Crippen molar-refractivity contribution in [3.05, 3.63) is 51.4 Å². The lowest BCUT2D eigenvalue weighted by molar-refractivity contribution is 0.122. The minimum Gasteiger partial charge on any atom is -0.393 e. The normalized spacial score (nSPS) is 21.8. The number of hydrogen-bond acceptors (Lipinski definition) is 3.